The summed E-state index contributed by atoms with van der Waals surface area (Å²) >= 11 is 0. The molecule has 0 unspecified atom stereocenters. The van der Waals surface area contributed by atoms with Crippen LogP contribution < -0.4 is 10.2 Å². The molecule has 2 aromatic rings. The average Bonchev–Trinajstić information content (AvgIpc) is 2.53. The van der Waals surface area contributed by atoms with Crippen LogP contribution in [0.15, 0.2) is 30.3 Å². The highest BCUT2D eigenvalue weighted by Gasteiger charge is 2.42. The third-order valence-electron chi connectivity index (χ3n) is 5.83. The Balaban J connectivity index is 1.91. The molecule has 2 nitrogen and oxygen atoms in total. The SMILES string of the molecule is CCN1c2ccc(C)c3cccc(c23)NC12CCC(C)CC2. The van der Waals surface area contributed by atoms with E-state index in [9.17, 15) is 0 Å². The summed E-state index contributed by atoms with van der Waals surface area (Å²) in [6.07, 6.45) is 5.12. The highest BCUT2D eigenvalue weighted by atomic mass is 15.3. The number of aryl methyl sites for hydroxylation is 1. The number of hydrogen-bond acceptors (Lipinski definition) is 2. The number of rotatable bonds is 1. The van der Waals surface area contributed by atoms with Gasteiger partial charge in [-0.05, 0) is 68.5 Å². The van der Waals surface area contributed by atoms with Crippen molar-refractivity contribution >= 4 is 22.1 Å². The Labute approximate surface area is 133 Å². The van der Waals surface area contributed by atoms with Crippen LogP contribution in [0, 0.1) is 12.8 Å². The van der Waals surface area contributed by atoms with Crippen LogP contribution in [-0.4, -0.2) is 12.2 Å². The van der Waals surface area contributed by atoms with E-state index in [1.807, 2.05) is 0 Å². The molecule has 2 aliphatic rings. The zero-order valence-corrected chi connectivity index (χ0v) is 13.9. The largest absolute Gasteiger partial charge is 0.362 e. The number of nitrogens with one attached hydrogen (secondary N) is 1. The second-order valence-corrected chi connectivity index (χ2v) is 7.21. The molecule has 116 valence electrons. The van der Waals surface area contributed by atoms with Crippen LogP contribution >= 0.6 is 0 Å². The fraction of sp³-hybridized carbons (Fsp3) is 0.500. The molecular formula is C20H26N2. The molecule has 2 aromatic carbocycles. The minimum absolute atomic E-state index is 0.123. The van der Waals surface area contributed by atoms with E-state index in [0.717, 1.165) is 12.5 Å². The molecule has 0 bridgehead atoms. The molecule has 0 amide bonds. The Hall–Kier alpha value is -1.70. The molecule has 1 heterocycles. The Morgan fingerprint density at radius 1 is 1.18 bits per heavy atom. The monoisotopic (exact) mass is 294 g/mol. The molecule has 22 heavy (non-hydrogen) atoms. The maximum Gasteiger partial charge on any atom is 0.110 e. The molecule has 1 aliphatic carbocycles. The van der Waals surface area contributed by atoms with Gasteiger partial charge >= 0.3 is 0 Å². The molecule has 0 aromatic heterocycles. The topological polar surface area (TPSA) is 15.3 Å². The summed E-state index contributed by atoms with van der Waals surface area (Å²) in [5.74, 6) is 0.862. The molecule has 1 spiro atoms. The van der Waals surface area contributed by atoms with Gasteiger partial charge in [0.15, 0.2) is 0 Å². The second-order valence-electron chi connectivity index (χ2n) is 7.21. The molecule has 0 atom stereocenters. The minimum Gasteiger partial charge on any atom is -0.362 e. The van der Waals surface area contributed by atoms with E-state index in [0.29, 0.717) is 0 Å². The first-order chi connectivity index (χ1) is 10.6. The second kappa shape index (κ2) is 4.91. The van der Waals surface area contributed by atoms with Crippen molar-refractivity contribution in [2.75, 3.05) is 16.8 Å². The molecule has 1 saturated carbocycles. The number of nitrogens with zero attached hydrogens (tertiary/aromatic N) is 1. The van der Waals surface area contributed by atoms with Crippen molar-refractivity contribution < 1.29 is 0 Å². The van der Waals surface area contributed by atoms with Crippen molar-refractivity contribution in [1.29, 1.82) is 0 Å². The fourth-order valence-corrected chi connectivity index (χ4v) is 4.52. The van der Waals surface area contributed by atoms with Crippen molar-refractivity contribution in [2.24, 2.45) is 5.92 Å². The Kier molecular flexibility index (Phi) is 3.11. The molecule has 1 fully saturated rings. The van der Waals surface area contributed by atoms with Crippen LogP contribution in [0.4, 0.5) is 11.4 Å². The van der Waals surface area contributed by atoms with Crippen LogP contribution in [0.1, 0.15) is 45.1 Å². The summed E-state index contributed by atoms with van der Waals surface area (Å²) in [4.78, 5) is 2.63. The van der Waals surface area contributed by atoms with Gasteiger partial charge in [-0.1, -0.05) is 25.1 Å². The van der Waals surface area contributed by atoms with Crippen molar-refractivity contribution in [3.8, 4) is 0 Å². The third kappa shape index (κ3) is 1.86. The normalized spacial score (nSPS) is 27.2. The summed E-state index contributed by atoms with van der Waals surface area (Å²) < 4.78 is 0. The summed E-state index contributed by atoms with van der Waals surface area (Å²) in [5.41, 5.74) is 4.24. The van der Waals surface area contributed by atoms with E-state index in [-0.39, 0.29) is 5.66 Å². The zero-order valence-electron chi connectivity index (χ0n) is 13.9. The van der Waals surface area contributed by atoms with Gasteiger partial charge in [-0.3, -0.25) is 0 Å². The van der Waals surface area contributed by atoms with Gasteiger partial charge < -0.3 is 10.2 Å². The van der Waals surface area contributed by atoms with Crippen molar-refractivity contribution in [2.45, 2.75) is 52.1 Å². The smallest absolute Gasteiger partial charge is 0.110 e. The van der Waals surface area contributed by atoms with Gasteiger partial charge in [0.1, 0.15) is 5.66 Å². The predicted octanol–water partition coefficient (Wildman–Crippen LogP) is 5.31. The van der Waals surface area contributed by atoms with E-state index in [1.54, 1.807) is 0 Å². The summed E-state index contributed by atoms with van der Waals surface area (Å²) in [6.45, 7) is 7.96. The lowest BCUT2D eigenvalue weighted by molar-refractivity contribution is 0.257. The van der Waals surface area contributed by atoms with Gasteiger partial charge in [0, 0.05) is 23.3 Å². The van der Waals surface area contributed by atoms with Gasteiger partial charge in [0.25, 0.3) is 0 Å². The molecule has 1 aliphatic heterocycles. The Morgan fingerprint density at radius 2 is 1.95 bits per heavy atom. The standard InChI is InChI=1S/C20H26N2/c1-4-22-18-9-8-15(3)16-6-5-7-17(19(16)18)21-20(22)12-10-14(2)11-13-20/h5-9,14,21H,4,10-13H2,1-3H3. The zero-order chi connectivity index (χ0) is 15.3. The van der Waals surface area contributed by atoms with Crippen LogP contribution in [0.25, 0.3) is 10.8 Å². The van der Waals surface area contributed by atoms with E-state index in [1.165, 1.54) is 53.4 Å². The van der Waals surface area contributed by atoms with E-state index in [4.69, 9.17) is 0 Å². The maximum absolute atomic E-state index is 3.95. The van der Waals surface area contributed by atoms with E-state index in [2.05, 4.69) is 61.3 Å². The van der Waals surface area contributed by atoms with Gasteiger partial charge in [-0.2, -0.15) is 0 Å². The van der Waals surface area contributed by atoms with Crippen LogP contribution in [0.2, 0.25) is 0 Å². The lowest BCUT2D eigenvalue weighted by atomic mass is 9.79. The Bertz CT molecular complexity index is 711. The molecule has 0 saturated heterocycles. The van der Waals surface area contributed by atoms with Crippen LogP contribution in [0.5, 0.6) is 0 Å². The maximum atomic E-state index is 3.95. The molecule has 2 heteroatoms. The van der Waals surface area contributed by atoms with Crippen molar-refractivity contribution in [3.05, 3.63) is 35.9 Å². The first kappa shape index (κ1) is 13.9. The predicted molar refractivity (Wildman–Crippen MR) is 95.7 cm³/mol. The van der Waals surface area contributed by atoms with Gasteiger partial charge in [-0.15, -0.1) is 0 Å². The summed E-state index contributed by atoms with van der Waals surface area (Å²) in [6, 6.07) is 11.3. The number of anilines is 2. The first-order valence-electron chi connectivity index (χ1n) is 8.73. The average molecular weight is 294 g/mol. The lowest BCUT2D eigenvalue weighted by Crippen LogP contribution is -2.58. The molecule has 1 N–H and O–H groups in total. The van der Waals surface area contributed by atoms with E-state index < -0.39 is 0 Å². The fourth-order valence-electron chi connectivity index (χ4n) is 4.52. The van der Waals surface area contributed by atoms with Crippen LogP contribution in [-0.2, 0) is 0 Å². The molecule has 0 radical (unpaired) electrons. The number of hydrogen-bond donors (Lipinski definition) is 1. The lowest BCUT2D eigenvalue weighted by Gasteiger charge is -2.52. The van der Waals surface area contributed by atoms with E-state index >= 15 is 0 Å². The third-order valence-corrected chi connectivity index (χ3v) is 5.83. The summed E-state index contributed by atoms with van der Waals surface area (Å²) in [5, 5.41) is 6.75. The first-order valence-corrected chi connectivity index (χ1v) is 8.73. The quantitative estimate of drug-likeness (QED) is 0.767. The van der Waals surface area contributed by atoms with Gasteiger partial charge in [0.2, 0.25) is 0 Å². The van der Waals surface area contributed by atoms with Crippen molar-refractivity contribution in [3.63, 3.8) is 0 Å². The highest BCUT2D eigenvalue weighted by molar-refractivity contribution is 6.07. The highest BCUT2D eigenvalue weighted by Crippen LogP contribution is 2.47. The van der Waals surface area contributed by atoms with Gasteiger partial charge in [0.05, 0.1) is 0 Å². The molecular weight excluding hydrogens is 268 g/mol. The minimum atomic E-state index is 0.123. The van der Waals surface area contributed by atoms with Gasteiger partial charge in [-0.25, -0.2) is 0 Å². The molecule has 4 rings (SSSR count). The van der Waals surface area contributed by atoms with Crippen molar-refractivity contribution in [1.82, 2.24) is 0 Å². The van der Waals surface area contributed by atoms with Crippen LogP contribution in [0.3, 0.4) is 0 Å². The summed E-state index contributed by atoms with van der Waals surface area (Å²) in [7, 11) is 0. The Morgan fingerprint density at radius 3 is 2.68 bits per heavy atom. The number of benzene rings is 2.